The van der Waals surface area contributed by atoms with Gasteiger partial charge in [0.25, 0.3) is 0 Å². The summed E-state index contributed by atoms with van der Waals surface area (Å²) >= 11 is 5.66. The normalized spacial score (nSPS) is 11.1. The van der Waals surface area contributed by atoms with Crippen LogP contribution in [0.4, 0.5) is 0 Å². The van der Waals surface area contributed by atoms with Crippen LogP contribution in [0.25, 0.3) is 0 Å². The first-order valence-electron chi connectivity index (χ1n) is 4.87. The third-order valence-electron chi connectivity index (χ3n) is 1.76. The van der Waals surface area contributed by atoms with Crippen LogP contribution in [0, 0.1) is 5.92 Å². The lowest BCUT2D eigenvalue weighted by Gasteiger charge is -2.06. The number of aromatic nitrogens is 2. The zero-order valence-corrected chi connectivity index (χ0v) is 9.50. The van der Waals surface area contributed by atoms with Gasteiger partial charge < -0.3 is 4.74 Å². The molecule has 0 atom stereocenters. The Hall–Kier alpha value is -0.540. The average molecular weight is 217 g/mol. The van der Waals surface area contributed by atoms with Gasteiger partial charge in [-0.3, -0.25) is 4.68 Å². The van der Waals surface area contributed by atoms with Gasteiger partial charge in [0.05, 0.1) is 25.2 Å². The van der Waals surface area contributed by atoms with Crippen molar-refractivity contribution in [2.45, 2.75) is 26.3 Å². The fourth-order valence-electron chi connectivity index (χ4n) is 1.07. The molecule has 0 saturated heterocycles. The Balaban J connectivity index is 2.18. The minimum Gasteiger partial charge on any atom is -0.379 e. The van der Waals surface area contributed by atoms with E-state index in [0.717, 1.165) is 18.7 Å². The molecule has 0 aliphatic heterocycles. The van der Waals surface area contributed by atoms with Gasteiger partial charge in [0.15, 0.2) is 0 Å². The number of halogens is 1. The van der Waals surface area contributed by atoms with E-state index < -0.39 is 0 Å². The second-order valence-electron chi connectivity index (χ2n) is 3.71. The molecule has 1 rings (SSSR count). The summed E-state index contributed by atoms with van der Waals surface area (Å²) in [5.41, 5.74) is 1.05. The molecule has 1 aromatic heterocycles. The van der Waals surface area contributed by atoms with Crippen LogP contribution in [0.3, 0.4) is 0 Å². The van der Waals surface area contributed by atoms with Crippen LogP contribution >= 0.6 is 11.6 Å². The summed E-state index contributed by atoms with van der Waals surface area (Å²) in [7, 11) is 0. The molecule has 0 aliphatic rings. The minimum atomic E-state index is 0.521. The van der Waals surface area contributed by atoms with Crippen molar-refractivity contribution in [3.8, 4) is 0 Å². The van der Waals surface area contributed by atoms with E-state index in [0.29, 0.717) is 18.4 Å². The van der Waals surface area contributed by atoms with Crippen LogP contribution < -0.4 is 0 Å². The highest BCUT2D eigenvalue weighted by Gasteiger charge is 1.97. The van der Waals surface area contributed by atoms with Crippen LogP contribution in [-0.4, -0.2) is 23.0 Å². The first-order valence-corrected chi connectivity index (χ1v) is 5.41. The van der Waals surface area contributed by atoms with E-state index in [-0.39, 0.29) is 0 Å². The van der Waals surface area contributed by atoms with Gasteiger partial charge in [0.2, 0.25) is 0 Å². The monoisotopic (exact) mass is 216 g/mol. The number of hydrogen-bond acceptors (Lipinski definition) is 2. The van der Waals surface area contributed by atoms with E-state index in [1.165, 1.54) is 0 Å². The number of hydrogen-bond donors (Lipinski definition) is 0. The van der Waals surface area contributed by atoms with Gasteiger partial charge in [-0.1, -0.05) is 13.8 Å². The van der Waals surface area contributed by atoms with Crippen molar-refractivity contribution in [2.24, 2.45) is 5.92 Å². The van der Waals surface area contributed by atoms with Crippen molar-refractivity contribution >= 4 is 11.6 Å². The summed E-state index contributed by atoms with van der Waals surface area (Å²) in [4.78, 5) is 0. The highest BCUT2D eigenvalue weighted by atomic mass is 35.5. The smallest absolute Gasteiger partial charge is 0.0662 e. The highest BCUT2D eigenvalue weighted by Crippen LogP contribution is 2.01. The number of ether oxygens (including phenoxy) is 1. The lowest BCUT2D eigenvalue weighted by Crippen LogP contribution is -2.09. The van der Waals surface area contributed by atoms with E-state index in [1.807, 2.05) is 10.9 Å². The van der Waals surface area contributed by atoms with Gasteiger partial charge in [-0.15, -0.1) is 11.6 Å². The Morgan fingerprint density at radius 1 is 1.57 bits per heavy atom. The van der Waals surface area contributed by atoms with Gasteiger partial charge in [-0.2, -0.15) is 5.10 Å². The third kappa shape index (κ3) is 4.11. The molecule has 0 radical (unpaired) electrons. The molecule has 0 bridgehead atoms. The first kappa shape index (κ1) is 11.5. The minimum absolute atomic E-state index is 0.521. The predicted octanol–water partition coefficient (Wildman–Crippen LogP) is 2.29. The fourth-order valence-corrected chi connectivity index (χ4v) is 1.21. The fraction of sp³-hybridized carbons (Fsp3) is 0.700. The topological polar surface area (TPSA) is 27.1 Å². The summed E-state index contributed by atoms with van der Waals surface area (Å²) in [5.74, 6) is 1.11. The molecule has 1 heterocycles. The molecule has 0 aliphatic carbocycles. The summed E-state index contributed by atoms with van der Waals surface area (Å²) in [6.45, 7) is 6.59. The maximum atomic E-state index is 5.66. The van der Waals surface area contributed by atoms with Gasteiger partial charge >= 0.3 is 0 Å². The number of rotatable bonds is 6. The van der Waals surface area contributed by atoms with Crippen molar-refractivity contribution in [1.29, 1.82) is 0 Å². The van der Waals surface area contributed by atoms with E-state index in [9.17, 15) is 0 Å². The molecule has 0 spiro atoms. The molecule has 0 amide bonds. The summed E-state index contributed by atoms with van der Waals surface area (Å²) in [6, 6.07) is 0. The van der Waals surface area contributed by atoms with Crippen LogP contribution in [-0.2, 0) is 17.2 Å². The second kappa shape index (κ2) is 6.04. The van der Waals surface area contributed by atoms with Crippen LogP contribution in [0.15, 0.2) is 12.4 Å². The largest absolute Gasteiger partial charge is 0.379 e. The molecule has 3 nitrogen and oxygen atoms in total. The Kier molecular flexibility index (Phi) is 4.98. The maximum Gasteiger partial charge on any atom is 0.0662 e. The molecular weight excluding hydrogens is 200 g/mol. The van der Waals surface area contributed by atoms with E-state index >= 15 is 0 Å². The number of alkyl halides is 1. The van der Waals surface area contributed by atoms with Gasteiger partial charge in [-0.05, 0) is 5.92 Å². The number of nitrogens with zero attached hydrogens (tertiary/aromatic N) is 2. The van der Waals surface area contributed by atoms with Gasteiger partial charge in [0.1, 0.15) is 0 Å². The Morgan fingerprint density at radius 3 is 2.93 bits per heavy atom. The Labute approximate surface area is 90.0 Å². The molecule has 4 heteroatoms. The first-order chi connectivity index (χ1) is 6.72. The maximum absolute atomic E-state index is 5.66. The Bertz CT molecular complexity index is 260. The van der Waals surface area contributed by atoms with Gasteiger partial charge in [0, 0.05) is 18.4 Å². The van der Waals surface area contributed by atoms with Gasteiger partial charge in [-0.25, -0.2) is 0 Å². The lowest BCUT2D eigenvalue weighted by molar-refractivity contribution is 0.101. The van der Waals surface area contributed by atoms with E-state index in [4.69, 9.17) is 16.3 Å². The molecule has 0 saturated carbocycles. The van der Waals surface area contributed by atoms with Crippen molar-refractivity contribution in [3.05, 3.63) is 18.0 Å². The highest BCUT2D eigenvalue weighted by molar-refractivity contribution is 6.17. The quantitative estimate of drug-likeness (QED) is 0.539. The van der Waals surface area contributed by atoms with Crippen LogP contribution in [0.5, 0.6) is 0 Å². The zero-order valence-electron chi connectivity index (χ0n) is 8.74. The molecule has 1 aromatic rings. The molecule has 0 N–H and O–H groups in total. The van der Waals surface area contributed by atoms with Crippen LogP contribution in [0.2, 0.25) is 0 Å². The Morgan fingerprint density at radius 2 is 2.36 bits per heavy atom. The van der Waals surface area contributed by atoms with Crippen molar-refractivity contribution in [3.63, 3.8) is 0 Å². The standard InChI is InChI=1S/C10H17ClN2O/c1-9(2)8-14-4-3-13-7-10(5-11)6-12-13/h6-7,9H,3-5,8H2,1-2H3. The third-order valence-corrected chi connectivity index (χ3v) is 2.07. The summed E-state index contributed by atoms with van der Waals surface area (Å²) in [6.07, 6.45) is 3.74. The molecule has 0 unspecified atom stereocenters. The van der Waals surface area contributed by atoms with Crippen LogP contribution in [0.1, 0.15) is 19.4 Å². The SMILES string of the molecule is CC(C)COCCn1cc(CCl)cn1. The second-order valence-corrected chi connectivity index (χ2v) is 3.98. The van der Waals surface area contributed by atoms with Crippen molar-refractivity contribution in [2.75, 3.05) is 13.2 Å². The predicted molar refractivity (Wildman–Crippen MR) is 57.4 cm³/mol. The summed E-state index contributed by atoms with van der Waals surface area (Å²) in [5, 5.41) is 4.16. The molecule has 0 aromatic carbocycles. The molecule has 80 valence electrons. The zero-order chi connectivity index (χ0) is 10.4. The molecule has 0 fully saturated rings. The average Bonchev–Trinajstić information content (AvgIpc) is 2.60. The summed E-state index contributed by atoms with van der Waals surface area (Å²) < 4.78 is 7.31. The van der Waals surface area contributed by atoms with E-state index in [1.54, 1.807) is 6.20 Å². The van der Waals surface area contributed by atoms with E-state index in [2.05, 4.69) is 18.9 Å². The van der Waals surface area contributed by atoms with Crippen molar-refractivity contribution < 1.29 is 4.74 Å². The van der Waals surface area contributed by atoms with Crippen molar-refractivity contribution in [1.82, 2.24) is 9.78 Å². The molecular formula is C10H17ClN2O. The lowest BCUT2D eigenvalue weighted by atomic mass is 10.2. The molecule has 14 heavy (non-hydrogen) atoms.